The molecule has 0 aliphatic carbocycles. The molecule has 1 aliphatic rings. The van der Waals surface area contributed by atoms with Gasteiger partial charge in [-0.1, -0.05) is 0 Å². The van der Waals surface area contributed by atoms with Gasteiger partial charge in [-0.2, -0.15) is 0 Å². The lowest BCUT2D eigenvalue weighted by atomic mass is 10.1. The summed E-state index contributed by atoms with van der Waals surface area (Å²) < 4.78 is 11.8. The second kappa shape index (κ2) is 6.51. The van der Waals surface area contributed by atoms with E-state index in [0.717, 1.165) is 37.7 Å². The third-order valence-corrected chi connectivity index (χ3v) is 3.73. The molecule has 2 unspecified atom stereocenters. The molecule has 1 aliphatic heterocycles. The van der Waals surface area contributed by atoms with E-state index >= 15 is 0 Å². The van der Waals surface area contributed by atoms with Crippen LogP contribution in [0.25, 0.3) is 0 Å². The van der Waals surface area contributed by atoms with Crippen LogP contribution in [0.2, 0.25) is 0 Å². The summed E-state index contributed by atoms with van der Waals surface area (Å²) in [5, 5.41) is 3.48. The Morgan fingerprint density at radius 3 is 2.43 bits per heavy atom. The molecule has 4 nitrogen and oxygen atoms in total. The third kappa shape index (κ3) is 5.13. The fraction of sp³-hybridized carbons (Fsp3) is 0.765. The zero-order valence-corrected chi connectivity index (χ0v) is 14.3. The van der Waals surface area contributed by atoms with Crippen molar-refractivity contribution in [3.8, 4) is 0 Å². The van der Waals surface area contributed by atoms with E-state index < -0.39 is 0 Å². The summed E-state index contributed by atoms with van der Waals surface area (Å²) in [6.45, 7) is 16.5. The van der Waals surface area contributed by atoms with Gasteiger partial charge in [-0.15, -0.1) is 0 Å². The molecule has 0 aromatic carbocycles. The Balaban J connectivity index is 1.95. The minimum Gasteiger partial charge on any atom is -0.463 e. The van der Waals surface area contributed by atoms with Crippen LogP contribution in [0.1, 0.15) is 51.7 Å². The van der Waals surface area contributed by atoms with Gasteiger partial charge in [-0.05, 0) is 53.2 Å². The van der Waals surface area contributed by atoms with E-state index in [9.17, 15) is 0 Å². The number of ether oxygens (including phenoxy) is 1. The van der Waals surface area contributed by atoms with E-state index in [1.807, 2.05) is 0 Å². The van der Waals surface area contributed by atoms with Crippen LogP contribution >= 0.6 is 0 Å². The molecule has 1 fully saturated rings. The number of hydrogen-bond donors (Lipinski definition) is 1. The first kappa shape index (κ1) is 16.5. The first-order valence-corrected chi connectivity index (χ1v) is 7.94. The third-order valence-electron chi connectivity index (χ3n) is 3.73. The maximum atomic E-state index is 6.04. The molecular formula is C17H30N2O2. The summed E-state index contributed by atoms with van der Waals surface area (Å²) in [6, 6.07) is 2.17. The maximum absolute atomic E-state index is 6.04. The van der Waals surface area contributed by atoms with E-state index in [0.29, 0.717) is 12.2 Å². The Morgan fingerprint density at radius 1 is 1.24 bits per heavy atom. The number of nitrogens with zero attached hydrogens (tertiary/aromatic N) is 1. The van der Waals surface area contributed by atoms with Crippen LogP contribution in [-0.4, -0.2) is 35.7 Å². The molecule has 2 atom stereocenters. The second-order valence-electron chi connectivity index (χ2n) is 7.37. The van der Waals surface area contributed by atoms with Crippen molar-refractivity contribution in [3.05, 3.63) is 23.2 Å². The van der Waals surface area contributed by atoms with Gasteiger partial charge in [-0.3, -0.25) is 4.90 Å². The molecule has 1 N–H and O–H groups in total. The molecule has 0 spiro atoms. The Morgan fingerprint density at radius 2 is 1.86 bits per heavy atom. The van der Waals surface area contributed by atoms with Crippen molar-refractivity contribution in [1.82, 2.24) is 10.2 Å². The van der Waals surface area contributed by atoms with Crippen LogP contribution in [0.15, 0.2) is 10.5 Å². The standard InChI is InChI=1S/C17H30N2O2/c1-12-7-15(21-16(12)8-18-17(4,5)6)11-19-9-13(2)20-14(3)10-19/h7,13-14,18H,8-11H2,1-6H3. The average Bonchev–Trinajstić information content (AvgIpc) is 2.64. The van der Waals surface area contributed by atoms with Crippen LogP contribution in [0, 0.1) is 6.92 Å². The molecule has 0 saturated carbocycles. The van der Waals surface area contributed by atoms with Crippen molar-refractivity contribution in [1.29, 1.82) is 0 Å². The van der Waals surface area contributed by atoms with E-state index in [1.54, 1.807) is 0 Å². The molecule has 1 aromatic rings. The molecular weight excluding hydrogens is 264 g/mol. The lowest BCUT2D eigenvalue weighted by Gasteiger charge is -2.34. The number of morpholine rings is 1. The molecule has 0 amide bonds. The first-order valence-electron chi connectivity index (χ1n) is 7.94. The van der Waals surface area contributed by atoms with Crippen LogP contribution < -0.4 is 5.32 Å². The van der Waals surface area contributed by atoms with Crippen LogP contribution in [0.4, 0.5) is 0 Å². The number of hydrogen-bond acceptors (Lipinski definition) is 4. The Kier molecular flexibility index (Phi) is 5.12. The number of rotatable bonds is 4. The fourth-order valence-electron chi connectivity index (χ4n) is 2.82. The van der Waals surface area contributed by atoms with Gasteiger partial charge in [0.25, 0.3) is 0 Å². The monoisotopic (exact) mass is 294 g/mol. The zero-order valence-electron chi connectivity index (χ0n) is 14.3. The van der Waals surface area contributed by atoms with Crippen LogP contribution in [0.5, 0.6) is 0 Å². The Hall–Kier alpha value is -0.840. The van der Waals surface area contributed by atoms with E-state index in [4.69, 9.17) is 9.15 Å². The summed E-state index contributed by atoms with van der Waals surface area (Å²) in [4.78, 5) is 2.41. The molecule has 1 saturated heterocycles. The van der Waals surface area contributed by atoms with Gasteiger partial charge in [0.1, 0.15) is 11.5 Å². The van der Waals surface area contributed by atoms with Gasteiger partial charge in [0.05, 0.1) is 25.3 Å². The van der Waals surface area contributed by atoms with Crippen molar-refractivity contribution in [2.24, 2.45) is 0 Å². The lowest BCUT2D eigenvalue weighted by Crippen LogP contribution is -2.44. The Labute approximate surface area is 128 Å². The predicted molar refractivity (Wildman–Crippen MR) is 85.3 cm³/mol. The first-order chi connectivity index (χ1) is 9.73. The molecule has 0 radical (unpaired) electrons. The molecule has 2 heterocycles. The highest BCUT2D eigenvalue weighted by atomic mass is 16.5. The SMILES string of the molecule is Cc1cc(CN2CC(C)OC(C)C2)oc1CNC(C)(C)C. The normalized spacial score (nSPS) is 24.5. The highest BCUT2D eigenvalue weighted by molar-refractivity contribution is 5.20. The zero-order chi connectivity index (χ0) is 15.6. The van der Waals surface area contributed by atoms with E-state index in [1.165, 1.54) is 5.56 Å². The largest absolute Gasteiger partial charge is 0.463 e. The number of nitrogens with one attached hydrogen (secondary N) is 1. The molecule has 120 valence electrons. The molecule has 4 heteroatoms. The lowest BCUT2D eigenvalue weighted by molar-refractivity contribution is -0.0718. The summed E-state index contributed by atoms with van der Waals surface area (Å²) in [6.07, 6.45) is 0.596. The summed E-state index contributed by atoms with van der Waals surface area (Å²) >= 11 is 0. The van der Waals surface area contributed by atoms with Gasteiger partial charge in [0.2, 0.25) is 0 Å². The minimum absolute atomic E-state index is 0.106. The summed E-state index contributed by atoms with van der Waals surface area (Å²) in [5.41, 5.74) is 1.34. The van der Waals surface area contributed by atoms with Crippen LogP contribution in [0.3, 0.4) is 0 Å². The van der Waals surface area contributed by atoms with Gasteiger partial charge in [0, 0.05) is 18.6 Å². The quantitative estimate of drug-likeness (QED) is 0.926. The minimum atomic E-state index is 0.106. The Bertz CT molecular complexity index is 452. The summed E-state index contributed by atoms with van der Waals surface area (Å²) in [5.74, 6) is 2.11. The molecule has 2 rings (SSSR count). The molecule has 0 bridgehead atoms. The highest BCUT2D eigenvalue weighted by Gasteiger charge is 2.23. The predicted octanol–water partition coefficient (Wildman–Crippen LogP) is 3.09. The van der Waals surface area contributed by atoms with E-state index in [2.05, 4.69) is 57.8 Å². The van der Waals surface area contributed by atoms with Gasteiger partial charge in [-0.25, -0.2) is 0 Å². The van der Waals surface area contributed by atoms with Gasteiger partial charge >= 0.3 is 0 Å². The maximum Gasteiger partial charge on any atom is 0.120 e. The van der Waals surface area contributed by atoms with Crippen molar-refractivity contribution < 1.29 is 9.15 Å². The number of furan rings is 1. The highest BCUT2D eigenvalue weighted by Crippen LogP contribution is 2.19. The van der Waals surface area contributed by atoms with Crippen molar-refractivity contribution in [2.75, 3.05) is 13.1 Å². The molecule has 21 heavy (non-hydrogen) atoms. The van der Waals surface area contributed by atoms with Crippen molar-refractivity contribution in [3.63, 3.8) is 0 Å². The van der Waals surface area contributed by atoms with Gasteiger partial charge < -0.3 is 14.5 Å². The molecule has 1 aromatic heterocycles. The van der Waals surface area contributed by atoms with Crippen LogP contribution in [-0.2, 0) is 17.8 Å². The number of aryl methyl sites for hydroxylation is 1. The average molecular weight is 294 g/mol. The van der Waals surface area contributed by atoms with Crippen molar-refractivity contribution >= 4 is 0 Å². The van der Waals surface area contributed by atoms with Crippen molar-refractivity contribution in [2.45, 2.75) is 72.4 Å². The smallest absolute Gasteiger partial charge is 0.120 e. The topological polar surface area (TPSA) is 37.6 Å². The summed E-state index contributed by atoms with van der Waals surface area (Å²) in [7, 11) is 0. The fourth-order valence-corrected chi connectivity index (χ4v) is 2.82. The van der Waals surface area contributed by atoms with E-state index in [-0.39, 0.29) is 5.54 Å². The van der Waals surface area contributed by atoms with Gasteiger partial charge in [0.15, 0.2) is 0 Å². The second-order valence-corrected chi connectivity index (χ2v) is 7.37.